The lowest BCUT2D eigenvalue weighted by Crippen LogP contribution is -2.08. The van der Waals surface area contributed by atoms with Gasteiger partial charge in [-0.05, 0) is 23.3 Å². The number of fused-ring (bicyclic) bond motifs is 1. The summed E-state index contributed by atoms with van der Waals surface area (Å²) < 4.78 is 31.3. The van der Waals surface area contributed by atoms with Crippen molar-refractivity contribution in [2.75, 3.05) is 0 Å². The first kappa shape index (κ1) is 11.1. The molecule has 0 heterocycles. The molecule has 4 heteroatoms. The third-order valence-corrected chi connectivity index (χ3v) is 3.86. The molecule has 16 heavy (non-hydrogen) atoms. The van der Waals surface area contributed by atoms with Crippen molar-refractivity contribution >= 4 is 20.9 Å². The Morgan fingerprint density at radius 1 is 1.06 bits per heavy atom. The third-order valence-electron chi connectivity index (χ3n) is 2.71. The van der Waals surface area contributed by atoms with Crippen molar-refractivity contribution < 1.29 is 13.0 Å². The van der Waals surface area contributed by atoms with E-state index in [-0.39, 0.29) is 0 Å². The number of benzene rings is 2. The van der Waals surface area contributed by atoms with Gasteiger partial charge < -0.3 is 0 Å². The summed E-state index contributed by atoms with van der Waals surface area (Å²) >= 11 is 0. The maximum absolute atomic E-state index is 11.1. The first-order chi connectivity index (χ1) is 7.50. The zero-order valence-electron chi connectivity index (χ0n) is 8.79. The molecule has 0 aliphatic carbocycles. The third kappa shape index (κ3) is 1.94. The Morgan fingerprint density at radius 3 is 2.38 bits per heavy atom. The number of hydrogen-bond acceptors (Lipinski definition) is 2. The molecule has 0 aliphatic heterocycles. The molecule has 0 bridgehead atoms. The Kier molecular flexibility index (Phi) is 2.69. The summed E-state index contributed by atoms with van der Waals surface area (Å²) in [7, 11) is -4.05. The minimum Gasteiger partial charge on any atom is -0.285 e. The zero-order chi connectivity index (χ0) is 11.8. The SMILES string of the molecule is C[C@@H](c1cccc2ccccc12)S(=O)(=O)O. The Hall–Kier alpha value is -1.39. The molecule has 0 saturated carbocycles. The van der Waals surface area contributed by atoms with Gasteiger partial charge in [0, 0.05) is 0 Å². The van der Waals surface area contributed by atoms with Crippen molar-refractivity contribution in [2.24, 2.45) is 0 Å². The monoisotopic (exact) mass is 236 g/mol. The van der Waals surface area contributed by atoms with Gasteiger partial charge in [0.05, 0.1) is 0 Å². The van der Waals surface area contributed by atoms with Crippen LogP contribution in [-0.2, 0) is 10.1 Å². The quantitative estimate of drug-likeness (QED) is 0.816. The van der Waals surface area contributed by atoms with Crippen LogP contribution in [0.1, 0.15) is 17.7 Å². The van der Waals surface area contributed by atoms with Gasteiger partial charge in [-0.1, -0.05) is 42.5 Å². The largest absolute Gasteiger partial charge is 0.285 e. The van der Waals surface area contributed by atoms with Crippen LogP contribution in [0.5, 0.6) is 0 Å². The van der Waals surface area contributed by atoms with Crippen molar-refractivity contribution in [3.63, 3.8) is 0 Å². The van der Waals surface area contributed by atoms with Crippen LogP contribution in [0.2, 0.25) is 0 Å². The Bertz CT molecular complexity index is 612. The molecule has 0 aliphatic rings. The normalized spacial score (nSPS) is 13.9. The smallest absolute Gasteiger partial charge is 0.271 e. The van der Waals surface area contributed by atoms with Gasteiger partial charge in [0.25, 0.3) is 10.1 Å². The molecule has 0 radical (unpaired) electrons. The second kappa shape index (κ2) is 3.88. The van der Waals surface area contributed by atoms with E-state index in [1.54, 1.807) is 12.1 Å². The second-order valence-corrected chi connectivity index (χ2v) is 5.46. The van der Waals surface area contributed by atoms with Crippen LogP contribution in [0.25, 0.3) is 10.8 Å². The molecule has 0 aromatic heterocycles. The van der Waals surface area contributed by atoms with E-state index in [2.05, 4.69) is 0 Å². The summed E-state index contributed by atoms with van der Waals surface area (Å²) in [6, 6.07) is 12.9. The standard InChI is InChI=1S/C12H12O3S/c1-9(16(13,14)15)11-8-4-6-10-5-2-3-7-12(10)11/h2-9H,1H3,(H,13,14,15)/t9-/m0/s1. The highest BCUT2D eigenvalue weighted by Crippen LogP contribution is 2.28. The highest BCUT2D eigenvalue weighted by atomic mass is 32.2. The molecule has 0 unspecified atom stereocenters. The molecular weight excluding hydrogens is 224 g/mol. The minimum absolute atomic E-state index is 0.626. The van der Waals surface area contributed by atoms with E-state index in [4.69, 9.17) is 4.55 Å². The number of hydrogen-bond donors (Lipinski definition) is 1. The summed E-state index contributed by atoms with van der Waals surface area (Å²) in [5.41, 5.74) is 0.626. The first-order valence-electron chi connectivity index (χ1n) is 4.94. The Morgan fingerprint density at radius 2 is 1.69 bits per heavy atom. The van der Waals surface area contributed by atoms with Gasteiger partial charge >= 0.3 is 0 Å². The van der Waals surface area contributed by atoms with Gasteiger partial charge in [0.2, 0.25) is 0 Å². The molecule has 2 rings (SSSR count). The van der Waals surface area contributed by atoms with Crippen LogP contribution in [-0.4, -0.2) is 13.0 Å². The molecule has 0 fully saturated rings. The highest BCUT2D eigenvalue weighted by molar-refractivity contribution is 7.86. The molecular formula is C12H12O3S. The predicted octanol–water partition coefficient (Wildman–Crippen LogP) is 2.79. The van der Waals surface area contributed by atoms with Crippen molar-refractivity contribution in [1.82, 2.24) is 0 Å². The minimum atomic E-state index is -4.05. The van der Waals surface area contributed by atoms with Gasteiger partial charge in [0.1, 0.15) is 5.25 Å². The van der Waals surface area contributed by atoms with Crippen molar-refractivity contribution in [2.45, 2.75) is 12.2 Å². The predicted molar refractivity (Wildman–Crippen MR) is 63.9 cm³/mol. The van der Waals surface area contributed by atoms with Crippen molar-refractivity contribution in [3.8, 4) is 0 Å². The molecule has 2 aromatic rings. The summed E-state index contributed by atoms with van der Waals surface area (Å²) in [5, 5.41) is 0.921. The Balaban J connectivity index is 2.70. The van der Waals surface area contributed by atoms with Gasteiger partial charge in [-0.2, -0.15) is 8.42 Å². The molecule has 84 valence electrons. The highest BCUT2D eigenvalue weighted by Gasteiger charge is 2.20. The van der Waals surface area contributed by atoms with E-state index in [0.717, 1.165) is 10.8 Å². The maximum Gasteiger partial charge on any atom is 0.271 e. The topological polar surface area (TPSA) is 54.4 Å². The molecule has 0 spiro atoms. The van der Waals surface area contributed by atoms with Gasteiger partial charge in [0.15, 0.2) is 0 Å². The molecule has 2 aromatic carbocycles. The molecule has 1 atom stereocenters. The van der Waals surface area contributed by atoms with E-state index in [9.17, 15) is 8.42 Å². The fourth-order valence-electron chi connectivity index (χ4n) is 1.77. The van der Waals surface area contributed by atoms with Crippen LogP contribution in [0.4, 0.5) is 0 Å². The van der Waals surface area contributed by atoms with E-state index < -0.39 is 15.4 Å². The van der Waals surface area contributed by atoms with E-state index in [0.29, 0.717) is 5.56 Å². The lowest BCUT2D eigenvalue weighted by molar-refractivity contribution is 0.472. The lowest BCUT2D eigenvalue weighted by atomic mass is 10.0. The van der Waals surface area contributed by atoms with E-state index in [1.807, 2.05) is 30.3 Å². The van der Waals surface area contributed by atoms with Crippen LogP contribution in [0, 0.1) is 0 Å². The average Bonchev–Trinajstić information content (AvgIpc) is 2.26. The van der Waals surface area contributed by atoms with Gasteiger partial charge in [-0.3, -0.25) is 4.55 Å². The maximum atomic E-state index is 11.1. The number of rotatable bonds is 2. The Labute approximate surface area is 94.5 Å². The fraction of sp³-hybridized carbons (Fsp3) is 0.167. The molecule has 0 saturated heterocycles. The second-order valence-electron chi connectivity index (χ2n) is 3.73. The first-order valence-corrected chi connectivity index (χ1v) is 6.44. The van der Waals surface area contributed by atoms with Crippen LogP contribution < -0.4 is 0 Å². The van der Waals surface area contributed by atoms with E-state index >= 15 is 0 Å². The zero-order valence-corrected chi connectivity index (χ0v) is 9.61. The van der Waals surface area contributed by atoms with E-state index in [1.165, 1.54) is 6.92 Å². The molecule has 3 nitrogen and oxygen atoms in total. The van der Waals surface area contributed by atoms with Crippen molar-refractivity contribution in [1.29, 1.82) is 0 Å². The fourth-order valence-corrected chi connectivity index (χ4v) is 2.29. The van der Waals surface area contributed by atoms with Crippen LogP contribution >= 0.6 is 0 Å². The summed E-state index contributed by atoms with van der Waals surface area (Å²) in [5.74, 6) is 0. The van der Waals surface area contributed by atoms with Gasteiger partial charge in [-0.15, -0.1) is 0 Å². The van der Waals surface area contributed by atoms with Crippen molar-refractivity contribution in [3.05, 3.63) is 48.0 Å². The molecule has 1 N–H and O–H groups in total. The van der Waals surface area contributed by atoms with Crippen LogP contribution in [0.15, 0.2) is 42.5 Å². The van der Waals surface area contributed by atoms with Gasteiger partial charge in [-0.25, -0.2) is 0 Å². The summed E-state index contributed by atoms with van der Waals surface area (Å²) in [6.45, 7) is 1.48. The van der Waals surface area contributed by atoms with Crippen LogP contribution in [0.3, 0.4) is 0 Å². The average molecular weight is 236 g/mol. The lowest BCUT2D eigenvalue weighted by Gasteiger charge is -2.11. The molecule has 0 amide bonds. The summed E-state index contributed by atoms with van der Waals surface area (Å²) in [6.07, 6.45) is 0. The summed E-state index contributed by atoms with van der Waals surface area (Å²) in [4.78, 5) is 0.